The van der Waals surface area contributed by atoms with Gasteiger partial charge in [-0.2, -0.15) is 0 Å². The summed E-state index contributed by atoms with van der Waals surface area (Å²) in [6.45, 7) is 2.67. The second-order valence-electron chi connectivity index (χ2n) is 6.93. The predicted molar refractivity (Wildman–Crippen MR) is 112 cm³/mol. The van der Waals surface area contributed by atoms with E-state index in [1.165, 1.54) is 0 Å². The van der Waals surface area contributed by atoms with Crippen LogP contribution in [-0.2, 0) is 0 Å². The van der Waals surface area contributed by atoms with Crippen molar-refractivity contribution in [2.75, 3.05) is 36.0 Å². The first kappa shape index (κ1) is 18.9. The Hall–Kier alpha value is -2.44. The fourth-order valence-electron chi connectivity index (χ4n) is 3.62. The molecule has 2 aliphatic heterocycles. The Morgan fingerprint density at radius 1 is 1.14 bits per heavy atom. The monoisotopic (exact) mass is 418 g/mol. The molecule has 0 aromatic heterocycles. The molecule has 0 aliphatic carbocycles. The molecule has 28 heavy (non-hydrogen) atoms. The summed E-state index contributed by atoms with van der Waals surface area (Å²) >= 11 is 12.3. The zero-order chi connectivity index (χ0) is 19.7. The lowest BCUT2D eigenvalue weighted by Gasteiger charge is -2.20. The summed E-state index contributed by atoms with van der Waals surface area (Å²) in [5.41, 5.74) is 2.09. The second kappa shape index (κ2) is 7.89. The fourth-order valence-corrected chi connectivity index (χ4v) is 4.02. The molecule has 6 nitrogen and oxygen atoms in total. The van der Waals surface area contributed by atoms with Crippen molar-refractivity contribution in [2.24, 2.45) is 0 Å². The van der Waals surface area contributed by atoms with E-state index in [1.807, 2.05) is 24.3 Å². The highest BCUT2D eigenvalue weighted by Crippen LogP contribution is 2.29. The molecule has 1 atom stereocenters. The lowest BCUT2D eigenvalue weighted by atomic mass is 10.1. The Bertz CT molecular complexity index is 921. The van der Waals surface area contributed by atoms with Crippen molar-refractivity contribution in [1.82, 2.24) is 10.6 Å². The first-order chi connectivity index (χ1) is 13.5. The summed E-state index contributed by atoms with van der Waals surface area (Å²) in [6.07, 6.45) is 0.854. The first-order valence-electron chi connectivity index (χ1n) is 9.17. The normalized spacial score (nSPS) is 19.1. The lowest BCUT2D eigenvalue weighted by Crippen LogP contribution is -2.37. The van der Waals surface area contributed by atoms with Gasteiger partial charge in [-0.05, 0) is 42.8 Å². The van der Waals surface area contributed by atoms with Gasteiger partial charge in [-0.15, -0.1) is 0 Å². The van der Waals surface area contributed by atoms with Crippen molar-refractivity contribution in [3.8, 4) is 0 Å². The van der Waals surface area contributed by atoms with Crippen molar-refractivity contribution in [3.05, 3.63) is 58.1 Å². The summed E-state index contributed by atoms with van der Waals surface area (Å²) in [7, 11) is 0. The molecule has 3 amide bonds. The molecule has 0 spiro atoms. The zero-order valence-electron chi connectivity index (χ0n) is 15.1. The molecule has 8 heteroatoms. The minimum Gasteiger partial charge on any atom is -0.369 e. The summed E-state index contributed by atoms with van der Waals surface area (Å²) < 4.78 is 0. The minimum absolute atomic E-state index is 0.0423. The van der Waals surface area contributed by atoms with Crippen LogP contribution in [0.25, 0.3) is 0 Å². The molecule has 0 unspecified atom stereocenters. The maximum absolute atomic E-state index is 12.7. The van der Waals surface area contributed by atoms with Gasteiger partial charge in [-0.1, -0.05) is 29.3 Å². The van der Waals surface area contributed by atoms with Gasteiger partial charge in [-0.3, -0.25) is 9.69 Å². The molecule has 0 bridgehead atoms. The third kappa shape index (κ3) is 3.88. The fraction of sp³-hybridized carbons (Fsp3) is 0.300. The predicted octanol–water partition coefficient (Wildman–Crippen LogP) is 3.53. The number of hydrogen-bond donors (Lipinski definition) is 2. The summed E-state index contributed by atoms with van der Waals surface area (Å²) in [6, 6.07) is 12.6. The van der Waals surface area contributed by atoms with Gasteiger partial charge in [0.15, 0.2) is 0 Å². The standard InChI is InChI=1S/C20H20Cl2N4O2/c21-14-2-1-3-16(11-14)25-8-6-15(12-25)24-19(27)13-4-5-17(22)18(10-13)26-9-7-23-20(26)28/h1-5,10-11,15H,6-9,12H2,(H,23,28)(H,24,27)/t15-/m0/s1. The average Bonchev–Trinajstić information content (AvgIpc) is 3.31. The number of nitrogens with zero attached hydrogens (tertiary/aromatic N) is 2. The van der Waals surface area contributed by atoms with E-state index in [9.17, 15) is 9.59 Å². The second-order valence-corrected chi connectivity index (χ2v) is 7.78. The van der Waals surface area contributed by atoms with Gasteiger partial charge < -0.3 is 15.5 Å². The van der Waals surface area contributed by atoms with Crippen molar-refractivity contribution in [3.63, 3.8) is 0 Å². The van der Waals surface area contributed by atoms with Gasteiger partial charge in [0.05, 0.1) is 10.7 Å². The van der Waals surface area contributed by atoms with Gasteiger partial charge in [-0.25, -0.2) is 4.79 Å². The van der Waals surface area contributed by atoms with Gasteiger partial charge in [0.2, 0.25) is 0 Å². The van der Waals surface area contributed by atoms with E-state index in [-0.39, 0.29) is 18.0 Å². The number of urea groups is 1. The van der Waals surface area contributed by atoms with Crippen LogP contribution in [-0.4, -0.2) is 44.2 Å². The van der Waals surface area contributed by atoms with E-state index in [0.29, 0.717) is 34.4 Å². The topological polar surface area (TPSA) is 64.7 Å². The molecular weight excluding hydrogens is 399 g/mol. The zero-order valence-corrected chi connectivity index (χ0v) is 16.6. The Balaban J connectivity index is 1.44. The molecule has 2 aromatic rings. The first-order valence-corrected chi connectivity index (χ1v) is 9.93. The number of anilines is 2. The van der Waals surface area contributed by atoms with Gasteiger partial charge in [0.25, 0.3) is 5.91 Å². The summed E-state index contributed by atoms with van der Waals surface area (Å²) in [4.78, 5) is 28.4. The minimum atomic E-state index is -0.201. The summed E-state index contributed by atoms with van der Waals surface area (Å²) in [5.74, 6) is -0.171. The number of nitrogens with one attached hydrogen (secondary N) is 2. The maximum atomic E-state index is 12.7. The molecule has 4 rings (SSSR count). The van der Waals surface area contributed by atoms with Crippen molar-refractivity contribution in [1.29, 1.82) is 0 Å². The molecule has 0 radical (unpaired) electrons. The van der Waals surface area contributed by atoms with E-state index >= 15 is 0 Å². The van der Waals surface area contributed by atoms with Crippen LogP contribution >= 0.6 is 23.2 Å². The molecule has 2 aliphatic rings. The number of halogens is 2. The van der Waals surface area contributed by atoms with Gasteiger partial charge >= 0.3 is 6.03 Å². The smallest absolute Gasteiger partial charge is 0.322 e. The number of carbonyl (C=O) groups is 2. The molecule has 2 heterocycles. The lowest BCUT2D eigenvalue weighted by molar-refractivity contribution is 0.0940. The highest BCUT2D eigenvalue weighted by molar-refractivity contribution is 6.34. The van der Waals surface area contributed by atoms with Crippen LogP contribution in [0.5, 0.6) is 0 Å². The van der Waals surface area contributed by atoms with Crippen LogP contribution in [0.2, 0.25) is 10.0 Å². The highest BCUT2D eigenvalue weighted by atomic mass is 35.5. The van der Waals surface area contributed by atoms with E-state index in [4.69, 9.17) is 23.2 Å². The SMILES string of the molecule is O=C(N[C@H]1CCN(c2cccc(Cl)c2)C1)c1ccc(Cl)c(N2CCNC2=O)c1. The number of benzene rings is 2. The van der Waals surface area contributed by atoms with E-state index in [2.05, 4.69) is 15.5 Å². The Morgan fingerprint density at radius 2 is 2.00 bits per heavy atom. The molecular formula is C20H20Cl2N4O2. The van der Waals surface area contributed by atoms with Crippen molar-refractivity contribution in [2.45, 2.75) is 12.5 Å². The van der Waals surface area contributed by atoms with Crippen LogP contribution in [0.15, 0.2) is 42.5 Å². The van der Waals surface area contributed by atoms with Crippen LogP contribution in [0, 0.1) is 0 Å². The van der Waals surface area contributed by atoms with Crippen LogP contribution in [0.1, 0.15) is 16.8 Å². The third-order valence-corrected chi connectivity index (χ3v) is 5.61. The van der Waals surface area contributed by atoms with Crippen molar-refractivity contribution >= 4 is 46.5 Å². The number of carbonyl (C=O) groups excluding carboxylic acids is 2. The number of hydrogen-bond acceptors (Lipinski definition) is 3. The quantitative estimate of drug-likeness (QED) is 0.797. The van der Waals surface area contributed by atoms with Crippen molar-refractivity contribution < 1.29 is 9.59 Å². The van der Waals surface area contributed by atoms with Crippen LogP contribution in [0.3, 0.4) is 0 Å². The molecule has 2 aromatic carbocycles. The van der Waals surface area contributed by atoms with Gasteiger partial charge in [0, 0.05) is 48.5 Å². The van der Waals surface area contributed by atoms with Crippen LogP contribution in [0.4, 0.5) is 16.2 Å². The number of amides is 3. The number of rotatable bonds is 4. The van der Waals surface area contributed by atoms with E-state index < -0.39 is 0 Å². The molecule has 2 N–H and O–H groups in total. The Kier molecular flexibility index (Phi) is 5.33. The largest absolute Gasteiger partial charge is 0.369 e. The molecule has 146 valence electrons. The van der Waals surface area contributed by atoms with E-state index in [0.717, 1.165) is 25.2 Å². The summed E-state index contributed by atoms with van der Waals surface area (Å²) in [5, 5.41) is 6.97. The van der Waals surface area contributed by atoms with E-state index in [1.54, 1.807) is 23.1 Å². The maximum Gasteiger partial charge on any atom is 0.322 e. The molecule has 2 fully saturated rings. The molecule has 0 saturated carbocycles. The highest BCUT2D eigenvalue weighted by Gasteiger charge is 2.27. The van der Waals surface area contributed by atoms with Crippen LogP contribution < -0.4 is 20.4 Å². The van der Waals surface area contributed by atoms with Gasteiger partial charge in [0.1, 0.15) is 0 Å². The Labute approximate surface area is 173 Å². The Morgan fingerprint density at radius 3 is 2.75 bits per heavy atom. The third-order valence-electron chi connectivity index (χ3n) is 5.05. The molecule has 2 saturated heterocycles. The average molecular weight is 419 g/mol.